The highest BCUT2D eigenvalue weighted by Crippen LogP contribution is 2.21. The lowest BCUT2D eigenvalue weighted by Crippen LogP contribution is -2.48. The molecule has 2 rings (SSSR count). The summed E-state index contributed by atoms with van der Waals surface area (Å²) < 4.78 is 1.77. The fourth-order valence-corrected chi connectivity index (χ4v) is 3.58. The Morgan fingerprint density at radius 1 is 1.27 bits per heavy atom. The average Bonchev–Trinajstić information content (AvgIpc) is 3.07. The lowest BCUT2D eigenvalue weighted by atomic mass is 10.0. The Morgan fingerprint density at radius 3 is 2.60 bits per heavy atom. The first kappa shape index (κ1) is 23.8. The smallest absolute Gasteiger partial charge is 0.243 e. The number of carbonyl (C=O) groups excluding carboxylic acids is 3. The summed E-state index contributed by atoms with van der Waals surface area (Å²) in [5.74, 6) is 1.06. The van der Waals surface area contributed by atoms with Gasteiger partial charge in [0.25, 0.3) is 0 Å². The fourth-order valence-electron chi connectivity index (χ4n) is 3.58. The Bertz CT molecular complexity index is 762. The second-order valence-corrected chi connectivity index (χ2v) is 8.30. The molecule has 0 saturated heterocycles. The van der Waals surface area contributed by atoms with Gasteiger partial charge in [0.2, 0.25) is 17.7 Å². The monoisotopic (exact) mass is 421 g/mol. The third kappa shape index (κ3) is 6.01. The standard InChI is InChI=1S/C20H35N7O3/c1-13(2)11-16-19-22-15(4)24-27(19)10-9-26(18(29)12-21)8-6-7-17(28)25(5)14(3)20(30)23-16/h13-14,16H,6-12,21H2,1-5H3,(H,23,30)/t14-,16+/m0/s1. The molecule has 0 saturated carbocycles. The van der Waals surface area contributed by atoms with E-state index in [2.05, 4.69) is 29.2 Å². The van der Waals surface area contributed by atoms with Crippen LogP contribution in [0.3, 0.4) is 0 Å². The SMILES string of the molecule is Cc1nc2n(n1)CCN(C(=O)CN)CCCC(=O)N(C)[C@@H](C)C(=O)N[C@@H]2CC(C)C. The molecule has 0 spiro atoms. The van der Waals surface area contributed by atoms with Gasteiger partial charge in [-0.3, -0.25) is 14.4 Å². The molecular weight excluding hydrogens is 386 g/mol. The summed E-state index contributed by atoms with van der Waals surface area (Å²) in [5.41, 5.74) is 5.57. The molecular formula is C20H35N7O3. The Morgan fingerprint density at radius 2 is 1.97 bits per heavy atom. The van der Waals surface area contributed by atoms with Crippen molar-refractivity contribution in [2.24, 2.45) is 11.7 Å². The minimum atomic E-state index is -0.616. The van der Waals surface area contributed by atoms with E-state index in [4.69, 9.17) is 5.73 Å². The van der Waals surface area contributed by atoms with Gasteiger partial charge >= 0.3 is 0 Å². The molecule has 3 amide bonds. The molecule has 0 fully saturated rings. The van der Waals surface area contributed by atoms with Crippen molar-refractivity contribution in [1.29, 1.82) is 0 Å². The fraction of sp³-hybridized carbons (Fsp3) is 0.750. The third-order valence-electron chi connectivity index (χ3n) is 5.42. The van der Waals surface area contributed by atoms with Crippen molar-refractivity contribution < 1.29 is 14.4 Å². The van der Waals surface area contributed by atoms with Crippen LogP contribution in [0, 0.1) is 12.8 Å². The minimum Gasteiger partial charge on any atom is -0.344 e. The first-order valence-electron chi connectivity index (χ1n) is 10.6. The maximum atomic E-state index is 12.9. The zero-order chi connectivity index (χ0) is 22.4. The van der Waals surface area contributed by atoms with Crippen LogP contribution >= 0.6 is 0 Å². The Hall–Kier alpha value is -2.49. The van der Waals surface area contributed by atoms with Crippen LogP contribution in [0.4, 0.5) is 0 Å². The van der Waals surface area contributed by atoms with Crippen molar-refractivity contribution in [3.63, 3.8) is 0 Å². The number of rotatable bonds is 3. The van der Waals surface area contributed by atoms with Crippen molar-refractivity contribution in [2.75, 3.05) is 26.7 Å². The predicted molar refractivity (Wildman–Crippen MR) is 112 cm³/mol. The molecule has 3 N–H and O–H groups in total. The van der Waals surface area contributed by atoms with E-state index in [1.54, 1.807) is 30.5 Å². The normalized spacial score (nSPS) is 22.0. The maximum Gasteiger partial charge on any atom is 0.243 e. The number of nitrogens with one attached hydrogen (secondary N) is 1. The molecule has 0 unspecified atom stereocenters. The van der Waals surface area contributed by atoms with Crippen LogP contribution in [0.5, 0.6) is 0 Å². The lowest BCUT2D eigenvalue weighted by Gasteiger charge is -2.29. The average molecular weight is 422 g/mol. The van der Waals surface area contributed by atoms with Gasteiger partial charge in [-0.05, 0) is 32.6 Å². The summed E-state index contributed by atoms with van der Waals surface area (Å²) in [6.45, 7) is 8.86. The van der Waals surface area contributed by atoms with Gasteiger partial charge in [0.15, 0.2) is 0 Å². The number of hydrogen-bond acceptors (Lipinski definition) is 6. The first-order valence-corrected chi connectivity index (χ1v) is 10.6. The van der Waals surface area contributed by atoms with Gasteiger partial charge in [-0.2, -0.15) is 5.10 Å². The maximum absolute atomic E-state index is 12.9. The molecule has 168 valence electrons. The third-order valence-corrected chi connectivity index (χ3v) is 5.42. The van der Waals surface area contributed by atoms with Gasteiger partial charge in [0, 0.05) is 26.6 Å². The van der Waals surface area contributed by atoms with Crippen molar-refractivity contribution in [1.82, 2.24) is 29.9 Å². The lowest BCUT2D eigenvalue weighted by molar-refractivity contribution is -0.139. The van der Waals surface area contributed by atoms with Crippen molar-refractivity contribution in [3.8, 4) is 0 Å². The van der Waals surface area contributed by atoms with E-state index < -0.39 is 6.04 Å². The number of amides is 3. The molecule has 10 heteroatoms. The quantitative estimate of drug-likeness (QED) is 0.719. The molecule has 2 atom stereocenters. The zero-order valence-corrected chi connectivity index (χ0v) is 18.7. The molecule has 30 heavy (non-hydrogen) atoms. The molecule has 2 heterocycles. The summed E-state index contributed by atoms with van der Waals surface area (Å²) in [5, 5.41) is 7.55. The summed E-state index contributed by atoms with van der Waals surface area (Å²) in [7, 11) is 1.63. The predicted octanol–water partition coefficient (Wildman–Crippen LogP) is 0.218. The topological polar surface area (TPSA) is 126 Å². The zero-order valence-electron chi connectivity index (χ0n) is 18.7. The summed E-state index contributed by atoms with van der Waals surface area (Å²) in [4.78, 5) is 45.4. The second-order valence-electron chi connectivity index (χ2n) is 8.30. The molecule has 0 aliphatic carbocycles. The number of likely N-dealkylation sites (N-methyl/N-ethyl adjacent to an activating group) is 1. The number of hydrogen-bond donors (Lipinski definition) is 2. The van der Waals surface area contributed by atoms with Crippen LogP contribution in [0.2, 0.25) is 0 Å². The highest BCUT2D eigenvalue weighted by Gasteiger charge is 2.28. The van der Waals surface area contributed by atoms with E-state index in [0.717, 1.165) is 0 Å². The number of aromatic nitrogens is 3. The van der Waals surface area contributed by atoms with Crippen LogP contribution in [-0.2, 0) is 20.9 Å². The van der Waals surface area contributed by atoms with Gasteiger partial charge in [0.1, 0.15) is 17.7 Å². The van der Waals surface area contributed by atoms with Crippen LogP contribution in [-0.4, -0.2) is 75.0 Å². The van der Waals surface area contributed by atoms with Crippen molar-refractivity contribution in [2.45, 2.75) is 65.6 Å². The van der Waals surface area contributed by atoms with Gasteiger partial charge in [-0.1, -0.05) is 13.8 Å². The molecule has 1 aromatic rings. The van der Waals surface area contributed by atoms with Gasteiger partial charge in [0.05, 0.1) is 19.1 Å². The summed E-state index contributed by atoms with van der Waals surface area (Å²) >= 11 is 0. The van der Waals surface area contributed by atoms with Crippen LogP contribution < -0.4 is 11.1 Å². The second kappa shape index (κ2) is 10.5. The van der Waals surface area contributed by atoms with E-state index in [1.807, 2.05) is 0 Å². The Kier molecular flexibility index (Phi) is 8.33. The molecule has 0 aromatic carbocycles. The van der Waals surface area contributed by atoms with E-state index in [0.29, 0.717) is 50.0 Å². The number of carbonyl (C=O) groups is 3. The largest absolute Gasteiger partial charge is 0.344 e. The molecule has 1 aliphatic heterocycles. The molecule has 0 bridgehead atoms. The van der Waals surface area contributed by atoms with E-state index in [1.165, 1.54) is 4.90 Å². The van der Waals surface area contributed by atoms with Crippen LogP contribution in [0.1, 0.15) is 57.7 Å². The summed E-state index contributed by atoms with van der Waals surface area (Å²) in [6, 6.07) is -0.958. The minimum absolute atomic E-state index is 0.0832. The number of fused-ring (bicyclic) bond motifs is 1. The van der Waals surface area contributed by atoms with E-state index >= 15 is 0 Å². The summed E-state index contributed by atoms with van der Waals surface area (Å²) in [6.07, 6.45) is 1.44. The molecule has 0 radical (unpaired) electrons. The van der Waals surface area contributed by atoms with Gasteiger partial charge in [-0.15, -0.1) is 0 Å². The van der Waals surface area contributed by atoms with E-state index in [-0.39, 0.29) is 36.7 Å². The molecule has 1 aromatic heterocycles. The van der Waals surface area contributed by atoms with Crippen LogP contribution in [0.15, 0.2) is 0 Å². The molecule has 1 aliphatic rings. The van der Waals surface area contributed by atoms with Gasteiger partial charge in [-0.25, -0.2) is 9.67 Å². The number of aryl methyl sites for hydroxylation is 1. The Labute approximate surface area is 178 Å². The first-order chi connectivity index (χ1) is 14.1. The highest BCUT2D eigenvalue weighted by atomic mass is 16.2. The number of nitrogens with zero attached hydrogens (tertiary/aromatic N) is 5. The van der Waals surface area contributed by atoms with Crippen molar-refractivity contribution in [3.05, 3.63) is 11.6 Å². The van der Waals surface area contributed by atoms with Gasteiger partial charge < -0.3 is 20.9 Å². The Balaban J connectivity index is 2.41. The number of nitrogens with two attached hydrogens (primary N) is 1. The van der Waals surface area contributed by atoms with Crippen LogP contribution in [0.25, 0.3) is 0 Å². The molecule has 10 nitrogen and oxygen atoms in total. The van der Waals surface area contributed by atoms with E-state index in [9.17, 15) is 14.4 Å². The van der Waals surface area contributed by atoms with Crippen molar-refractivity contribution >= 4 is 17.7 Å². The highest BCUT2D eigenvalue weighted by molar-refractivity contribution is 5.87.